The maximum atomic E-state index is 13.6. The highest BCUT2D eigenvalue weighted by Crippen LogP contribution is 2.41. The third kappa shape index (κ3) is 2.34. The highest BCUT2D eigenvalue weighted by atomic mass is 35.5. The van der Waals surface area contributed by atoms with Crippen molar-refractivity contribution in [2.45, 2.75) is 37.6 Å². The lowest BCUT2D eigenvalue weighted by Crippen LogP contribution is -2.43. The van der Waals surface area contributed by atoms with E-state index in [1.807, 2.05) is 6.07 Å². The molecule has 1 aromatic rings. The fraction of sp³-hybridized carbons (Fsp3) is 0.571. The molecular weight excluding hydrogens is 237 g/mol. The smallest absolute Gasteiger partial charge is 0.142 e. The monoisotopic (exact) mass is 255 g/mol. The van der Waals surface area contributed by atoms with Gasteiger partial charge in [-0.25, -0.2) is 4.39 Å². The van der Waals surface area contributed by atoms with Crippen molar-refractivity contribution in [3.63, 3.8) is 0 Å². The van der Waals surface area contributed by atoms with Crippen molar-refractivity contribution >= 4 is 11.6 Å². The molecule has 94 valence electrons. The van der Waals surface area contributed by atoms with Crippen LogP contribution < -0.4 is 0 Å². The fourth-order valence-electron chi connectivity index (χ4n) is 2.92. The van der Waals surface area contributed by atoms with E-state index in [9.17, 15) is 4.39 Å². The number of nitrogens with zero attached hydrogens (tertiary/aromatic N) is 1. The third-order valence-corrected chi connectivity index (χ3v) is 4.30. The Morgan fingerprint density at radius 3 is 2.35 bits per heavy atom. The molecule has 0 heterocycles. The molecule has 0 radical (unpaired) electrons. The normalized spacial score (nSPS) is 19.6. The van der Waals surface area contributed by atoms with Crippen LogP contribution in [0.5, 0.6) is 0 Å². The molecule has 1 nitrogen and oxygen atoms in total. The average Bonchev–Trinajstić information content (AvgIpc) is 2.33. The summed E-state index contributed by atoms with van der Waals surface area (Å²) >= 11 is 5.76. The Kier molecular flexibility index (Phi) is 3.74. The highest BCUT2D eigenvalue weighted by Gasteiger charge is 2.36. The van der Waals surface area contributed by atoms with Crippen LogP contribution in [0.25, 0.3) is 0 Å². The van der Waals surface area contributed by atoms with Crippen molar-refractivity contribution in [3.8, 4) is 0 Å². The van der Waals surface area contributed by atoms with Crippen LogP contribution in [0.15, 0.2) is 18.2 Å². The summed E-state index contributed by atoms with van der Waals surface area (Å²) in [5, 5.41) is 0.207. The number of benzene rings is 1. The molecule has 0 bridgehead atoms. The van der Waals surface area contributed by atoms with Gasteiger partial charge in [0.05, 0.1) is 5.02 Å². The molecule has 0 spiro atoms. The Labute approximate surface area is 108 Å². The topological polar surface area (TPSA) is 3.24 Å². The molecule has 17 heavy (non-hydrogen) atoms. The fourth-order valence-corrected chi connectivity index (χ4v) is 3.03. The Bertz CT molecular complexity index is 397. The summed E-state index contributed by atoms with van der Waals surface area (Å²) in [6.07, 6.45) is 5.90. The lowest BCUT2D eigenvalue weighted by atomic mass is 9.75. The third-order valence-electron chi connectivity index (χ3n) is 3.99. The van der Waals surface area contributed by atoms with E-state index in [0.29, 0.717) is 0 Å². The molecule has 1 fully saturated rings. The van der Waals surface area contributed by atoms with Gasteiger partial charge in [0.1, 0.15) is 5.82 Å². The van der Waals surface area contributed by atoms with Gasteiger partial charge in [-0.15, -0.1) is 0 Å². The lowest BCUT2D eigenvalue weighted by molar-refractivity contribution is 0.0985. The quantitative estimate of drug-likeness (QED) is 0.766. The Balaban J connectivity index is 2.41. The molecule has 0 aliphatic heterocycles. The molecule has 2 rings (SSSR count). The minimum atomic E-state index is -0.309. The van der Waals surface area contributed by atoms with Crippen molar-refractivity contribution < 1.29 is 4.39 Å². The molecule has 1 aliphatic rings. The van der Waals surface area contributed by atoms with Gasteiger partial charge in [-0.2, -0.15) is 0 Å². The maximum absolute atomic E-state index is 13.6. The van der Waals surface area contributed by atoms with E-state index in [0.717, 1.165) is 18.4 Å². The van der Waals surface area contributed by atoms with Gasteiger partial charge in [0.25, 0.3) is 0 Å². The summed E-state index contributed by atoms with van der Waals surface area (Å²) in [4.78, 5) is 2.23. The zero-order valence-corrected chi connectivity index (χ0v) is 11.2. The van der Waals surface area contributed by atoms with Crippen LogP contribution >= 0.6 is 11.6 Å². The van der Waals surface area contributed by atoms with E-state index in [2.05, 4.69) is 19.0 Å². The standard InChI is InChI=1S/C14H19ClFN/c1-17(2)14(8-4-3-5-9-14)11-6-7-12(15)13(16)10-11/h6-7,10H,3-5,8-9H2,1-2H3. The van der Waals surface area contributed by atoms with E-state index in [4.69, 9.17) is 11.6 Å². The predicted molar refractivity (Wildman–Crippen MR) is 69.9 cm³/mol. The second kappa shape index (κ2) is 4.95. The Morgan fingerprint density at radius 1 is 1.18 bits per heavy atom. The van der Waals surface area contributed by atoms with Crippen LogP contribution in [0, 0.1) is 5.82 Å². The van der Waals surface area contributed by atoms with Gasteiger partial charge in [-0.1, -0.05) is 36.9 Å². The molecule has 0 amide bonds. The van der Waals surface area contributed by atoms with Gasteiger partial charge >= 0.3 is 0 Å². The first-order valence-electron chi connectivity index (χ1n) is 6.19. The van der Waals surface area contributed by atoms with Gasteiger partial charge < -0.3 is 0 Å². The number of hydrogen-bond acceptors (Lipinski definition) is 1. The molecule has 0 aromatic heterocycles. The molecule has 1 saturated carbocycles. The van der Waals surface area contributed by atoms with E-state index in [1.54, 1.807) is 12.1 Å². The van der Waals surface area contributed by atoms with E-state index < -0.39 is 0 Å². The van der Waals surface area contributed by atoms with Crippen LogP contribution in [0.4, 0.5) is 4.39 Å². The summed E-state index contributed by atoms with van der Waals surface area (Å²) in [7, 11) is 4.16. The Morgan fingerprint density at radius 2 is 1.82 bits per heavy atom. The minimum absolute atomic E-state index is 0.0102. The zero-order chi connectivity index (χ0) is 12.5. The minimum Gasteiger partial charge on any atom is -0.300 e. The van der Waals surface area contributed by atoms with Gasteiger partial charge in [-0.05, 0) is 44.6 Å². The summed E-state index contributed by atoms with van der Waals surface area (Å²) in [6.45, 7) is 0. The van der Waals surface area contributed by atoms with Crippen molar-refractivity contribution in [1.29, 1.82) is 0 Å². The second-order valence-corrected chi connectivity index (χ2v) is 5.52. The van der Waals surface area contributed by atoms with Crippen LogP contribution in [0.2, 0.25) is 5.02 Å². The van der Waals surface area contributed by atoms with Crippen LogP contribution in [-0.4, -0.2) is 19.0 Å². The first-order valence-corrected chi connectivity index (χ1v) is 6.57. The SMILES string of the molecule is CN(C)C1(c2ccc(Cl)c(F)c2)CCCCC1. The zero-order valence-electron chi connectivity index (χ0n) is 10.5. The van der Waals surface area contributed by atoms with Crippen LogP contribution in [0.1, 0.15) is 37.7 Å². The van der Waals surface area contributed by atoms with Crippen molar-refractivity contribution in [1.82, 2.24) is 4.90 Å². The molecule has 0 unspecified atom stereocenters. The largest absolute Gasteiger partial charge is 0.300 e. The number of hydrogen-bond donors (Lipinski definition) is 0. The van der Waals surface area contributed by atoms with Crippen LogP contribution in [-0.2, 0) is 5.54 Å². The molecule has 3 heteroatoms. The summed E-state index contributed by atoms with van der Waals surface area (Å²) in [5.41, 5.74) is 1.05. The molecule has 0 N–H and O–H groups in total. The van der Waals surface area contributed by atoms with Crippen molar-refractivity contribution in [2.24, 2.45) is 0 Å². The summed E-state index contributed by atoms with van der Waals surface area (Å²) in [5.74, 6) is -0.309. The molecule has 1 aromatic carbocycles. The number of halogens is 2. The lowest BCUT2D eigenvalue weighted by Gasteiger charge is -2.43. The van der Waals surface area contributed by atoms with Crippen LogP contribution in [0.3, 0.4) is 0 Å². The highest BCUT2D eigenvalue weighted by molar-refractivity contribution is 6.30. The molecule has 1 aliphatic carbocycles. The van der Waals surface area contributed by atoms with Gasteiger partial charge in [0.15, 0.2) is 0 Å². The van der Waals surface area contributed by atoms with E-state index in [1.165, 1.54) is 19.3 Å². The molecule has 0 saturated heterocycles. The van der Waals surface area contributed by atoms with Gasteiger partial charge in [-0.3, -0.25) is 4.90 Å². The van der Waals surface area contributed by atoms with E-state index >= 15 is 0 Å². The summed E-state index contributed by atoms with van der Waals surface area (Å²) < 4.78 is 13.6. The van der Waals surface area contributed by atoms with Gasteiger partial charge in [0, 0.05) is 5.54 Å². The summed E-state index contributed by atoms with van der Waals surface area (Å²) in [6, 6.07) is 5.25. The maximum Gasteiger partial charge on any atom is 0.142 e. The second-order valence-electron chi connectivity index (χ2n) is 5.12. The van der Waals surface area contributed by atoms with Crippen molar-refractivity contribution in [3.05, 3.63) is 34.6 Å². The van der Waals surface area contributed by atoms with E-state index in [-0.39, 0.29) is 16.4 Å². The molecule has 0 atom stereocenters. The average molecular weight is 256 g/mol. The predicted octanol–water partition coefficient (Wildman–Crippen LogP) is 4.20. The Hall–Kier alpha value is -0.600. The van der Waals surface area contributed by atoms with Gasteiger partial charge in [0.2, 0.25) is 0 Å². The number of rotatable bonds is 2. The van der Waals surface area contributed by atoms with Crippen molar-refractivity contribution in [2.75, 3.05) is 14.1 Å². The molecular formula is C14H19ClFN. The first-order chi connectivity index (χ1) is 8.06. The first kappa shape index (κ1) is 12.8.